The molecular weight excluding hydrogens is 631 g/mol. The molecular formula is C27H44Cl2N10O6-2. The number of imide groups is 1. The Morgan fingerprint density at radius 3 is 1.87 bits per heavy atom. The van der Waals surface area contributed by atoms with Crippen molar-refractivity contribution in [1.82, 2.24) is 21.3 Å². The van der Waals surface area contributed by atoms with E-state index in [1.54, 1.807) is 44.2 Å². The van der Waals surface area contributed by atoms with Gasteiger partial charge in [0.05, 0.1) is 12.1 Å². The van der Waals surface area contributed by atoms with E-state index in [1.165, 1.54) is 0 Å². The van der Waals surface area contributed by atoms with Crippen molar-refractivity contribution in [3.05, 3.63) is 35.9 Å². The number of benzene rings is 1. The summed E-state index contributed by atoms with van der Waals surface area (Å²) in [6.07, 6.45) is 1.76. The number of amides is 4. The molecule has 0 heterocycles. The zero-order chi connectivity index (χ0) is 32.4. The molecule has 18 heteroatoms. The lowest BCUT2D eigenvalue weighted by molar-refractivity contribution is -0.139. The summed E-state index contributed by atoms with van der Waals surface area (Å²) in [6, 6.07) is 3.63. The first-order valence-corrected chi connectivity index (χ1v) is 13.8. The number of carbonyl (C=O) groups excluding carboxylic acids is 4. The van der Waals surface area contributed by atoms with Gasteiger partial charge in [-0.3, -0.25) is 30.2 Å². The van der Waals surface area contributed by atoms with Gasteiger partial charge in [-0.2, -0.15) is 0 Å². The smallest absolute Gasteiger partial charge is 0.326 e. The van der Waals surface area contributed by atoms with Gasteiger partial charge in [0.1, 0.15) is 18.4 Å². The number of aldehydes is 1. The average molecular weight is 676 g/mol. The monoisotopic (exact) mass is 674 g/mol. The zero-order valence-corrected chi connectivity index (χ0v) is 26.8. The van der Waals surface area contributed by atoms with Crippen molar-refractivity contribution in [3.63, 3.8) is 0 Å². The maximum Gasteiger partial charge on any atom is 0.326 e. The fourth-order valence-corrected chi connectivity index (χ4v) is 3.98. The predicted octanol–water partition coefficient (Wildman–Crippen LogP) is -7.71. The lowest BCUT2D eigenvalue weighted by atomic mass is 10.0. The van der Waals surface area contributed by atoms with Crippen LogP contribution in [0.4, 0.5) is 4.79 Å². The van der Waals surface area contributed by atoms with E-state index in [1.807, 2.05) is 0 Å². The van der Waals surface area contributed by atoms with Crippen LogP contribution in [0.3, 0.4) is 0 Å². The first-order chi connectivity index (χ1) is 20.3. The van der Waals surface area contributed by atoms with Crippen LogP contribution in [-0.2, 0) is 25.6 Å². The van der Waals surface area contributed by atoms with E-state index in [0.29, 0.717) is 31.2 Å². The van der Waals surface area contributed by atoms with Gasteiger partial charge in [0.2, 0.25) is 11.8 Å². The highest BCUT2D eigenvalue weighted by atomic mass is 35.5. The number of urea groups is 1. The van der Waals surface area contributed by atoms with Crippen molar-refractivity contribution in [2.75, 3.05) is 13.1 Å². The number of halogens is 2. The predicted molar refractivity (Wildman–Crippen MR) is 162 cm³/mol. The Labute approximate surface area is 274 Å². The topological polar surface area (TPSA) is 282 Å². The number of aliphatic carboxylic acids is 1. The molecule has 2 unspecified atom stereocenters. The van der Waals surface area contributed by atoms with Crippen LogP contribution in [0.15, 0.2) is 40.3 Å². The second-order valence-corrected chi connectivity index (χ2v) is 10.1. The molecule has 0 fully saturated rings. The normalized spacial score (nSPS) is 12.9. The molecule has 1 aromatic carbocycles. The van der Waals surface area contributed by atoms with Crippen molar-refractivity contribution in [3.8, 4) is 0 Å². The van der Waals surface area contributed by atoms with Crippen molar-refractivity contribution >= 4 is 42.0 Å². The van der Waals surface area contributed by atoms with Gasteiger partial charge in [-0.15, -0.1) is 0 Å². The van der Waals surface area contributed by atoms with Crippen LogP contribution in [0.1, 0.15) is 45.1 Å². The summed E-state index contributed by atoms with van der Waals surface area (Å²) in [5, 5.41) is 19.7. The highest BCUT2D eigenvalue weighted by molar-refractivity contribution is 6.01. The van der Waals surface area contributed by atoms with Crippen LogP contribution >= 0.6 is 0 Å². The van der Waals surface area contributed by atoms with E-state index >= 15 is 0 Å². The third kappa shape index (κ3) is 18.3. The quantitative estimate of drug-likeness (QED) is 0.0287. The molecule has 0 aliphatic carbocycles. The Hall–Kier alpha value is -4.15. The number of nitrogens with two attached hydrogens (primary N) is 4. The molecule has 0 bridgehead atoms. The number of rotatable bonds is 19. The number of carboxylic acids is 1. The molecule has 16 nitrogen and oxygen atoms in total. The summed E-state index contributed by atoms with van der Waals surface area (Å²) in [7, 11) is 0. The van der Waals surface area contributed by atoms with Crippen molar-refractivity contribution < 1.29 is 53.9 Å². The van der Waals surface area contributed by atoms with Crippen molar-refractivity contribution in [2.24, 2.45) is 38.8 Å². The maximum atomic E-state index is 13.2. The fourth-order valence-electron chi connectivity index (χ4n) is 3.98. The van der Waals surface area contributed by atoms with Gasteiger partial charge in [-0.25, -0.2) is 9.59 Å². The van der Waals surface area contributed by atoms with Crippen molar-refractivity contribution in [2.45, 2.75) is 70.1 Å². The molecule has 0 saturated carbocycles. The Morgan fingerprint density at radius 2 is 1.38 bits per heavy atom. The van der Waals surface area contributed by atoms with Crippen LogP contribution in [0.25, 0.3) is 0 Å². The Balaban J connectivity index is 0. The number of nitrogens with one attached hydrogen (secondary N) is 4. The summed E-state index contributed by atoms with van der Waals surface area (Å²) < 4.78 is 0. The first-order valence-electron chi connectivity index (χ1n) is 13.8. The number of nitrogens with zero attached hydrogens (tertiary/aromatic N) is 2. The number of carboxylic acid groups (broad SMARTS) is 1. The van der Waals surface area contributed by atoms with E-state index in [9.17, 15) is 29.1 Å². The van der Waals surface area contributed by atoms with Crippen molar-refractivity contribution in [1.29, 1.82) is 0 Å². The second kappa shape index (κ2) is 23.3. The SMILES string of the molecule is CC(C)[C@H](NC(C=O)CCCN=C(N)N)C(=O)NC(=O)[C@H](CCCN=C(N)N)NC(=O)NC(Cc1ccccc1)C(=O)O.[Cl-].[Cl-]. The summed E-state index contributed by atoms with van der Waals surface area (Å²) in [5.41, 5.74) is 22.0. The summed E-state index contributed by atoms with van der Waals surface area (Å²) in [4.78, 5) is 70.2. The lowest BCUT2D eigenvalue weighted by Gasteiger charge is -2.26. The number of carbonyl (C=O) groups is 5. The van der Waals surface area contributed by atoms with Crippen LogP contribution in [0.2, 0.25) is 0 Å². The molecule has 0 aliphatic rings. The van der Waals surface area contributed by atoms with Gasteiger partial charge in [0.15, 0.2) is 11.9 Å². The number of hydrogen-bond acceptors (Lipinski definition) is 8. The van der Waals surface area contributed by atoms with Gasteiger partial charge in [0, 0.05) is 19.5 Å². The molecule has 0 aromatic heterocycles. The van der Waals surface area contributed by atoms with Gasteiger partial charge in [-0.05, 0) is 37.2 Å². The van der Waals surface area contributed by atoms with Gasteiger partial charge in [-0.1, -0.05) is 44.2 Å². The Bertz CT molecular complexity index is 1130. The molecule has 0 saturated heterocycles. The first kappa shape index (κ1) is 43.0. The van der Waals surface area contributed by atoms with Crippen LogP contribution < -0.4 is 69.0 Å². The third-order valence-corrected chi connectivity index (χ3v) is 6.17. The lowest BCUT2D eigenvalue weighted by Crippen LogP contribution is -3.00. The Kier molecular flexibility index (Phi) is 22.2. The van der Waals surface area contributed by atoms with E-state index < -0.39 is 48.0 Å². The fraction of sp³-hybridized carbons (Fsp3) is 0.519. The average Bonchev–Trinajstić information content (AvgIpc) is 2.93. The minimum absolute atomic E-state index is 0. The molecule has 4 atom stereocenters. The largest absolute Gasteiger partial charge is 1.00 e. The third-order valence-electron chi connectivity index (χ3n) is 6.17. The Morgan fingerprint density at radius 1 is 0.844 bits per heavy atom. The molecule has 1 rings (SSSR count). The van der Waals surface area contributed by atoms with E-state index in [-0.39, 0.29) is 68.5 Å². The second-order valence-electron chi connectivity index (χ2n) is 10.1. The van der Waals surface area contributed by atoms with Crippen LogP contribution in [0.5, 0.6) is 0 Å². The van der Waals surface area contributed by atoms with Crippen LogP contribution in [0, 0.1) is 5.92 Å². The highest BCUT2D eigenvalue weighted by Gasteiger charge is 2.30. The number of aliphatic imine (C=N–C) groups is 2. The standard InChI is InChI=1S/C27H44N10O6.2ClH/c1-16(2)21(34-18(15-38)10-6-12-32-25(28)29)23(40)37-22(39)19(11-7-13-33-26(30)31)35-27(43)36-20(24(41)42)14-17-8-4-3-5-9-17;;/h3-5,8-9,15-16,18-21,34H,6-7,10-14H2,1-2H3,(H,41,42)(H4,28,29,32)(H4,30,31,33)(H2,35,36,43)(H,37,39,40);2*1H/p-2/t18?,19-,20?,21-;;/m0../s1. The summed E-state index contributed by atoms with van der Waals surface area (Å²) in [6.45, 7) is 3.92. The maximum absolute atomic E-state index is 13.2. The summed E-state index contributed by atoms with van der Waals surface area (Å²) >= 11 is 0. The molecule has 254 valence electrons. The zero-order valence-electron chi connectivity index (χ0n) is 25.2. The van der Waals surface area contributed by atoms with Gasteiger partial charge in [0.25, 0.3) is 0 Å². The minimum Gasteiger partial charge on any atom is -1.00 e. The molecule has 4 amide bonds. The summed E-state index contributed by atoms with van der Waals surface area (Å²) in [5.74, 6) is -3.35. The minimum atomic E-state index is -1.28. The number of hydrogen-bond donors (Lipinski definition) is 9. The number of guanidine groups is 2. The van der Waals surface area contributed by atoms with Gasteiger partial charge >= 0.3 is 12.0 Å². The molecule has 0 radical (unpaired) electrons. The molecule has 0 aliphatic heterocycles. The van der Waals surface area contributed by atoms with E-state index in [4.69, 9.17) is 22.9 Å². The molecule has 0 spiro atoms. The van der Waals surface area contributed by atoms with E-state index in [2.05, 4.69) is 31.3 Å². The highest BCUT2D eigenvalue weighted by Crippen LogP contribution is 2.08. The van der Waals surface area contributed by atoms with Crippen LogP contribution in [-0.4, -0.2) is 84.4 Å². The molecule has 13 N–H and O–H groups in total. The molecule has 45 heavy (non-hydrogen) atoms. The molecule has 1 aromatic rings. The van der Waals surface area contributed by atoms with Gasteiger partial charge < -0.3 is 68.3 Å². The van der Waals surface area contributed by atoms with E-state index in [0.717, 1.165) is 0 Å².